The van der Waals surface area contributed by atoms with Crippen LogP contribution in [0.2, 0.25) is 0 Å². The van der Waals surface area contributed by atoms with E-state index in [2.05, 4.69) is 43.5 Å². The Morgan fingerprint density at radius 3 is 2.89 bits per heavy atom. The molecule has 6 heteroatoms. The number of anilines is 3. The third-order valence-electron chi connectivity index (χ3n) is 2.38. The summed E-state index contributed by atoms with van der Waals surface area (Å²) in [6.07, 6.45) is 2.65. The van der Waals surface area contributed by atoms with E-state index in [0.29, 0.717) is 21.9 Å². The number of nitrogens with zero attached hydrogens (tertiary/aromatic N) is 2. The average Bonchev–Trinajstić information content (AvgIpc) is 2.41. The quantitative estimate of drug-likeness (QED) is 0.874. The van der Waals surface area contributed by atoms with Crippen LogP contribution in [0.1, 0.15) is 13.3 Å². The molecule has 0 radical (unpaired) electrons. The van der Waals surface area contributed by atoms with Gasteiger partial charge in [-0.1, -0.05) is 6.92 Å². The highest BCUT2D eigenvalue weighted by Gasteiger charge is 2.03. The van der Waals surface area contributed by atoms with Gasteiger partial charge < -0.3 is 10.6 Å². The van der Waals surface area contributed by atoms with Crippen LogP contribution in [0.25, 0.3) is 0 Å². The molecule has 0 saturated carbocycles. The molecule has 0 bridgehead atoms. The lowest BCUT2D eigenvalue weighted by Gasteiger charge is -2.08. The fourth-order valence-corrected chi connectivity index (χ4v) is 1.72. The van der Waals surface area contributed by atoms with Crippen LogP contribution in [0.3, 0.4) is 0 Å². The van der Waals surface area contributed by atoms with E-state index >= 15 is 0 Å². The molecule has 1 heterocycles. The molecule has 2 N–H and O–H groups in total. The van der Waals surface area contributed by atoms with Gasteiger partial charge in [0.1, 0.15) is 11.6 Å². The molecule has 1 aromatic heterocycles. The van der Waals surface area contributed by atoms with E-state index < -0.39 is 0 Å². The Labute approximate surface area is 119 Å². The molecule has 0 saturated heterocycles. The molecule has 0 atom stereocenters. The second-order valence-electron chi connectivity index (χ2n) is 3.95. The van der Waals surface area contributed by atoms with Crippen LogP contribution in [-0.2, 0) is 0 Å². The van der Waals surface area contributed by atoms with Crippen molar-refractivity contribution < 1.29 is 4.39 Å². The lowest BCUT2D eigenvalue weighted by atomic mass is 10.3. The summed E-state index contributed by atoms with van der Waals surface area (Å²) in [5.41, 5.74) is 0.640. The molecule has 4 nitrogen and oxygen atoms in total. The van der Waals surface area contributed by atoms with Crippen molar-refractivity contribution in [2.45, 2.75) is 13.3 Å². The van der Waals surface area contributed by atoms with E-state index in [1.54, 1.807) is 24.4 Å². The first-order valence-corrected chi connectivity index (χ1v) is 6.77. The predicted molar refractivity (Wildman–Crippen MR) is 78.2 cm³/mol. The normalized spacial score (nSPS) is 10.3. The van der Waals surface area contributed by atoms with Crippen LogP contribution in [0, 0.1) is 5.82 Å². The zero-order valence-corrected chi connectivity index (χ0v) is 12.0. The van der Waals surface area contributed by atoms with Gasteiger partial charge in [-0.15, -0.1) is 0 Å². The summed E-state index contributed by atoms with van der Waals surface area (Å²) in [6, 6.07) is 6.56. The fraction of sp³-hybridized carbons (Fsp3) is 0.231. The number of aromatic nitrogens is 2. The zero-order valence-electron chi connectivity index (χ0n) is 10.5. The molecule has 19 heavy (non-hydrogen) atoms. The summed E-state index contributed by atoms with van der Waals surface area (Å²) in [7, 11) is 0. The molecule has 2 aromatic rings. The van der Waals surface area contributed by atoms with Crippen LogP contribution < -0.4 is 10.6 Å². The highest BCUT2D eigenvalue weighted by Crippen LogP contribution is 2.21. The maximum Gasteiger partial charge on any atom is 0.224 e. The van der Waals surface area contributed by atoms with E-state index in [1.807, 2.05) is 0 Å². The summed E-state index contributed by atoms with van der Waals surface area (Å²) in [5.74, 6) is 0.864. The summed E-state index contributed by atoms with van der Waals surface area (Å²) >= 11 is 3.12. The molecule has 1 aromatic carbocycles. The van der Waals surface area contributed by atoms with Gasteiger partial charge in [-0.3, -0.25) is 0 Å². The van der Waals surface area contributed by atoms with Gasteiger partial charge in [0.25, 0.3) is 0 Å². The third-order valence-corrected chi connectivity index (χ3v) is 3.02. The Morgan fingerprint density at radius 1 is 1.32 bits per heavy atom. The number of benzene rings is 1. The zero-order chi connectivity index (χ0) is 13.7. The van der Waals surface area contributed by atoms with E-state index in [-0.39, 0.29) is 5.82 Å². The van der Waals surface area contributed by atoms with Crippen LogP contribution in [0.15, 0.2) is 34.9 Å². The van der Waals surface area contributed by atoms with Crippen molar-refractivity contribution in [1.82, 2.24) is 9.97 Å². The molecule has 2 rings (SSSR count). The van der Waals surface area contributed by atoms with Crippen molar-refractivity contribution in [2.75, 3.05) is 17.2 Å². The Kier molecular flexibility index (Phi) is 4.68. The molecule has 0 fully saturated rings. The summed E-state index contributed by atoms with van der Waals surface area (Å²) in [5, 5.41) is 6.13. The molecule has 0 amide bonds. The summed E-state index contributed by atoms with van der Waals surface area (Å²) in [6.45, 7) is 2.88. The van der Waals surface area contributed by atoms with E-state index in [9.17, 15) is 4.39 Å². The molecular weight excluding hydrogens is 311 g/mol. The van der Waals surface area contributed by atoms with Crippen molar-refractivity contribution in [1.29, 1.82) is 0 Å². The second kappa shape index (κ2) is 6.47. The molecule has 100 valence electrons. The van der Waals surface area contributed by atoms with Gasteiger partial charge in [0.2, 0.25) is 5.95 Å². The second-order valence-corrected chi connectivity index (χ2v) is 4.80. The summed E-state index contributed by atoms with van der Waals surface area (Å²) < 4.78 is 13.8. The van der Waals surface area contributed by atoms with Crippen molar-refractivity contribution in [3.05, 3.63) is 40.8 Å². The minimum atomic E-state index is -0.316. The van der Waals surface area contributed by atoms with E-state index in [0.717, 1.165) is 13.0 Å². The Balaban J connectivity index is 2.11. The molecule has 0 unspecified atom stereocenters. The van der Waals surface area contributed by atoms with Gasteiger partial charge in [-0.05, 0) is 46.6 Å². The van der Waals surface area contributed by atoms with Crippen molar-refractivity contribution in [3.63, 3.8) is 0 Å². The van der Waals surface area contributed by atoms with Crippen LogP contribution in [0.4, 0.5) is 21.8 Å². The number of halogens is 2. The first-order chi connectivity index (χ1) is 9.19. The van der Waals surface area contributed by atoms with Crippen molar-refractivity contribution >= 4 is 33.4 Å². The maximum absolute atomic E-state index is 13.4. The van der Waals surface area contributed by atoms with Crippen molar-refractivity contribution in [2.24, 2.45) is 0 Å². The minimum absolute atomic E-state index is 0.316. The molecule has 0 aliphatic rings. The van der Waals surface area contributed by atoms with E-state index in [1.165, 1.54) is 6.07 Å². The monoisotopic (exact) mass is 324 g/mol. The topological polar surface area (TPSA) is 49.8 Å². The summed E-state index contributed by atoms with van der Waals surface area (Å²) in [4.78, 5) is 8.40. The SMILES string of the molecule is CCCNc1nccc(Nc2ccc(Br)c(F)c2)n1. The Hall–Kier alpha value is -1.69. The highest BCUT2D eigenvalue weighted by atomic mass is 79.9. The molecule has 0 aliphatic carbocycles. The lowest BCUT2D eigenvalue weighted by molar-refractivity contribution is 0.622. The standard InChI is InChI=1S/C13H14BrFN4/c1-2-6-16-13-17-7-5-12(19-13)18-9-3-4-10(14)11(15)8-9/h3-5,7-8H,2,6H2,1H3,(H2,16,17,18,19). The minimum Gasteiger partial charge on any atom is -0.354 e. The fourth-order valence-electron chi connectivity index (χ4n) is 1.47. The van der Waals surface area contributed by atoms with Gasteiger partial charge in [-0.25, -0.2) is 9.37 Å². The third kappa shape index (κ3) is 3.89. The van der Waals surface area contributed by atoms with Crippen LogP contribution >= 0.6 is 15.9 Å². The van der Waals surface area contributed by atoms with Gasteiger partial charge in [0, 0.05) is 18.4 Å². The van der Waals surface area contributed by atoms with Gasteiger partial charge in [0.15, 0.2) is 0 Å². The van der Waals surface area contributed by atoms with Crippen LogP contribution in [-0.4, -0.2) is 16.5 Å². The largest absolute Gasteiger partial charge is 0.354 e. The number of hydrogen-bond donors (Lipinski definition) is 2. The van der Waals surface area contributed by atoms with Gasteiger partial charge in [-0.2, -0.15) is 4.98 Å². The van der Waals surface area contributed by atoms with E-state index in [4.69, 9.17) is 0 Å². The Morgan fingerprint density at radius 2 is 2.16 bits per heavy atom. The Bertz CT molecular complexity index is 562. The first-order valence-electron chi connectivity index (χ1n) is 5.98. The molecule has 0 spiro atoms. The lowest BCUT2D eigenvalue weighted by Crippen LogP contribution is -2.05. The predicted octanol–water partition coefficient (Wildman–Crippen LogP) is 3.94. The van der Waals surface area contributed by atoms with Gasteiger partial charge in [0.05, 0.1) is 4.47 Å². The smallest absolute Gasteiger partial charge is 0.224 e. The number of nitrogens with one attached hydrogen (secondary N) is 2. The molecule has 0 aliphatic heterocycles. The number of rotatable bonds is 5. The maximum atomic E-state index is 13.4. The number of hydrogen-bond acceptors (Lipinski definition) is 4. The van der Waals surface area contributed by atoms with Gasteiger partial charge >= 0.3 is 0 Å². The first kappa shape index (κ1) is 13.7. The average molecular weight is 325 g/mol. The van der Waals surface area contributed by atoms with Crippen LogP contribution in [0.5, 0.6) is 0 Å². The molecular formula is C13H14BrFN4. The van der Waals surface area contributed by atoms with Crippen molar-refractivity contribution in [3.8, 4) is 0 Å². The highest BCUT2D eigenvalue weighted by molar-refractivity contribution is 9.10.